The Morgan fingerprint density at radius 2 is 1.57 bits per heavy atom. The molecule has 1 aromatic heterocycles. The van der Waals surface area contributed by atoms with E-state index in [2.05, 4.69) is 10.00 Å². The van der Waals surface area contributed by atoms with Crippen molar-refractivity contribution >= 4 is 27.3 Å². The first kappa shape index (κ1) is 19.0. The van der Waals surface area contributed by atoms with Crippen LogP contribution in [0.15, 0.2) is 65.7 Å². The summed E-state index contributed by atoms with van der Waals surface area (Å²) in [6.45, 7) is 3.73. The van der Waals surface area contributed by atoms with Gasteiger partial charge in [0.05, 0.1) is 28.3 Å². The molecule has 3 aromatic rings. The highest BCUT2D eigenvalue weighted by molar-refractivity contribution is 7.89. The first-order valence-electron chi connectivity index (χ1n) is 9.08. The van der Waals surface area contributed by atoms with Crippen LogP contribution in [0.4, 0.5) is 5.69 Å². The van der Waals surface area contributed by atoms with Crippen LogP contribution in [0.3, 0.4) is 0 Å². The molecule has 2 aromatic carbocycles. The van der Waals surface area contributed by atoms with E-state index >= 15 is 0 Å². The van der Waals surface area contributed by atoms with E-state index in [-0.39, 0.29) is 4.90 Å². The van der Waals surface area contributed by atoms with Gasteiger partial charge in [0.1, 0.15) is 4.90 Å². The maximum atomic E-state index is 13.2. The molecule has 0 spiro atoms. The lowest BCUT2D eigenvalue weighted by Crippen LogP contribution is -2.48. The zero-order chi connectivity index (χ0) is 19.7. The number of para-hydroxylation sites is 2. The third-order valence-electron chi connectivity index (χ3n) is 4.92. The van der Waals surface area contributed by atoms with Gasteiger partial charge in [-0.2, -0.15) is 9.40 Å². The topological polar surface area (TPSA) is 58.4 Å². The van der Waals surface area contributed by atoms with E-state index in [1.165, 1.54) is 4.31 Å². The van der Waals surface area contributed by atoms with E-state index in [0.717, 1.165) is 11.4 Å². The summed E-state index contributed by atoms with van der Waals surface area (Å²) in [5.74, 6) is 0. The number of halogens is 1. The molecule has 1 fully saturated rings. The van der Waals surface area contributed by atoms with Crippen molar-refractivity contribution in [3.63, 3.8) is 0 Å². The number of aromatic nitrogens is 2. The lowest BCUT2D eigenvalue weighted by Gasteiger charge is -2.35. The molecule has 0 unspecified atom stereocenters. The van der Waals surface area contributed by atoms with E-state index in [9.17, 15) is 8.42 Å². The van der Waals surface area contributed by atoms with Crippen molar-refractivity contribution < 1.29 is 8.42 Å². The fourth-order valence-corrected chi connectivity index (χ4v) is 5.25. The zero-order valence-electron chi connectivity index (χ0n) is 15.5. The first-order chi connectivity index (χ1) is 13.5. The van der Waals surface area contributed by atoms with Crippen LogP contribution in [0.1, 0.15) is 5.69 Å². The largest absolute Gasteiger partial charge is 0.368 e. The number of anilines is 1. The van der Waals surface area contributed by atoms with Crippen molar-refractivity contribution in [2.45, 2.75) is 11.8 Å². The van der Waals surface area contributed by atoms with Gasteiger partial charge in [-0.3, -0.25) is 0 Å². The molecule has 1 saturated heterocycles. The minimum Gasteiger partial charge on any atom is -0.368 e. The van der Waals surface area contributed by atoms with Crippen molar-refractivity contribution in [3.05, 3.63) is 71.5 Å². The Kier molecular flexibility index (Phi) is 5.14. The SMILES string of the molecule is Cc1nn(-c2ccccc2)cc1S(=O)(=O)N1CCN(c2ccccc2Cl)CC1. The predicted molar refractivity (Wildman–Crippen MR) is 111 cm³/mol. The summed E-state index contributed by atoms with van der Waals surface area (Å²) in [6, 6.07) is 17.1. The van der Waals surface area contributed by atoms with Gasteiger partial charge in [0.15, 0.2) is 0 Å². The molecule has 1 aliphatic heterocycles. The molecule has 0 N–H and O–H groups in total. The summed E-state index contributed by atoms with van der Waals surface area (Å²) in [7, 11) is -3.61. The molecular formula is C20H21ClN4O2S. The molecule has 146 valence electrons. The van der Waals surface area contributed by atoms with Crippen molar-refractivity contribution in [2.24, 2.45) is 0 Å². The Morgan fingerprint density at radius 3 is 2.25 bits per heavy atom. The number of rotatable bonds is 4. The standard InChI is InChI=1S/C20H21ClN4O2S/c1-16-20(15-25(22-16)17-7-3-2-4-8-17)28(26,27)24-13-11-23(12-14-24)19-10-6-5-9-18(19)21/h2-10,15H,11-14H2,1H3. The van der Waals surface area contributed by atoms with E-state index in [1.807, 2.05) is 54.6 Å². The van der Waals surface area contributed by atoms with Gasteiger partial charge in [-0.1, -0.05) is 41.9 Å². The fourth-order valence-electron chi connectivity index (χ4n) is 3.43. The Morgan fingerprint density at radius 1 is 0.929 bits per heavy atom. The molecule has 8 heteroatoms. The van der Waals surface area contributed by atoms with Gasteiger partial charge in [0.25, 0.3) is 0 Å². The molecule has 0 radical (unpaired) electrons. The number of hydrogen-bond acceptors (Lipinski definition) is 4. The number of nitrogens with zero attached hydrogens (tertiary/aromatic N) is 4. The first-order valence-corrected chi connectivity index (χ1v) is 10.9. The van der Waals surface area contributed by atoms with Gasteiger partial charge in [0, 0.05) is 26.2 Å². The lowest BCUT2D eigenvalue weighted by atomic mass is 10.2. The highest BCUT2D eigenvalue weighted by Gasteiger charge is 2.31. The minimum atomic E-state index is -3.61. The quantitative estimate of drug-likeness (QED) is 0.654. The number of aryl methyl sites for hydroxylation is 1. The number of benzene rings is 2. The third kappa shape index (κ3) is 3.53. The number of piperazine rings is 1. The highest BCUT2D eigenvalue weighted by Crippen LogP contribution is 2.28. The normalized spacial score (nSPS) is 15.7. The summed E-state index contributed by atoms with van der Waals surface area (Å²) >= 11 is 6.28. The average molecular weight is 417 g/mol. The van der Waals surface area contributed by atoms with Gasteiger partial charge in [-0.25, -0.2) is 13.1 Å². The van der Waals surface area contributed by atoms with E-state index < -0.39 is 10.0 Å². The zero-order valence-corrected chi connectivity index (χ0v) is 17.1. The molecule has 0 amide bonds. The summed E-state index contributed by atoms with van der Waals surface area (Å²) in [5, 5.41) is 5.08. The van der Waals surface area contributed by atoms with E-state index in [1.54, 1.807) is 17.8 Å². The van der Waals surface area contributed by atoms with Gasteiger partial charge in [0.2, 0.25) is 10.0 Å². The van der Waals surface area contributed by atoms with Crippen LogP contribution in [0.2, 0.25) is 5.02 Å². The molecule has 0 atom stereocenters. The Hall–Kier alpha value is -2.35. The highest BCUT2D eigenvalue weighted by atomic mass is 35.5. The lowest BCUT2D eigenvalue weighted by molar-refractivity contribution is 0.384. The van der Waals surface area contributed by atoms with Crippen molar-refractivity contribution in [1.82, 2.24) is 14.1 Å². The second-order valence-corrected chi connectivity index (χ2v) is 9.01. The average Bonchev–Trinajstić information content (AvgIpc) is 3.12. The number of hydrogen-bond donors (Lipinski definition) is 0. The summed E-state index contributed by atoms with van der Waals surface area (Å²) < 4.78 is 29.5. The fraction of sp³-hybridized carbons (Fsp3) is 0.250. The molecule has 6 nitrogen and oxygen atoms in total. The molecule has 0 aliphatic carbocycles. The maximum Gasteiger partial charge on any atom is 0.246 e. The van der Waals surface area contributed by atoms with Gasteiger partial charge >= 0.3 is 0 Å². The molecular weight excluding hydrogens is 396 g/mol. The summed E-state index contributed by atoms with van der Waals surface area (Å²) in [5.41, 5.74) is 2.27. The molecule has 2 heterocycles. The third-order valence-corrected chi connectivity index (χ3v) is 7.25. The molecule has 28 heavy (non-hydrogen) atoms. The molecule has 0 bridgehead atoms. The van der Waals surface area contributed by atoms with Crippen molar-refractivity contribution in [1.29, 1.82) is 0 Å². The molecule has 0 saturated carbocycles. The van der Waals surface area contributed by atoms with Crippen LogP contribution < -0.4 is 4.90 Å². The minimum absolute atomic E-state index is 0.252. The Labute approximate surface area is 170 Å². The van der Waals surface area contributed by atoms with E-state index in [0.29, 0.717) is 36.9 Å². The van der Waals surface area contributed by atoms with Crippen molar-refractivity contribution in [3.8, 4) is 5.69 Å². The van der Waals surface area contributed by atoms with Crippen LogP contribution in [0.5, 0.6) is 0 Å². The van der Waals surface area contributed by atoms with Crippen LogP contribution in [0.25, 0.3) is 5.69 Å². The predicted octanol–water partition coefficient (Wildman–Crippen LogP) is 3.35. The van der Waals surface area contributed by atoms with Crippen molar-refractivity contribution in [2.75, 3.05) is 31.1 Å². The molecule has 4 rings (SSSR count). The Bertz CT molecular complexity index is 1070. The van der Waals surface area contributed by atoms with E-state index in [4.69, 9.17) is 11.6 Å². The number of sulfonamides is 1. The van der Waals surface area contributed by atoms with Crippen LogP contribution in [-0.4, -0.2) is 48.7 Å². The monoisotopic (exact) mass is 416 g/mol. The maximum absolute atomic E-state index is 13.2. The molecule has 1 aliphatic rings. The summed E-state index contributed by atoms with van der Waals surface area (Å²) in [6.07, 6.45) is 1.60. The second kappa shape index (κ2) is 7.58. The Balaban J connectivity index is 1.54. The van der Waals surface area contributed by atoms with Gasteiger partial charge < -0.3 is 4.90 Å². The van der Waals surface area contributed by atoms with Crippen LogP contribution >= 0.6 is 11.6 Å². The van der Waals surface area contributed by atoms with Gasteiger partial charge in [-0.05, 0) is 31.2 Å². The van der Waals surface area contributed by atoms with Gasteiger partial charge in [-0.15, -0.1) is 0 Å². The van der Waals surface area contributed by atoms with Crippen LogP contribution in [-0.2, 0) is 10.0 Å². The van der Waals surface area contributed by atoms with Crippen LogP contribution in [0, 0.1) is 6.92 Å². The second-order valence-electron chi connectivity index (χ2n) is 6.70. The summed E-state index contributed by atoms with van der Waals surface area (Å²) in [4.78, 5) is 2.37. The smallest absolute Gasteiger partial charge is 0.246 e.